The number of anilines is 2. The number of rotatable bonds is 6. The fourth-order valence-electron chi connectivity index (χ4n) is 5.69. The summed E-state index contributed by atoms with van der Waals surface area (Å²) in [6, 6.07) is 1.69. The minimum absolute atomic E-state index is 0.167. The normalized spacial score (nSPS) is 25.5. The standard InChI is InChI=1S/C23H38F3N6O2S/c1-29(12-7-18-16-31(13-14-34-18)32(2,33)35)19-15-20(28-21(27-19)23(24,25)26)30-11-6-10-22(17-30)8-4-3-5-9-22/h15,18,33,35H,3-14,16-17H2,1-2H3/q+1. The molecule has 1 N–H and O–H groups in total. The lowest BCUT2D eigenvalue weighted by Crippen LogP contribution is -2.56. The Labute approximate surface area is 211 Å². The van der Waals surface area contributed by atoms with E-state index in [2.05, 4.69) is 22.8 Å². The molecular formula is C23H38F3N6O2S+. The topological polar surface area (TPSA) is 65.0 Å². The van der Waals surface area contributed by atoms with E-state index in [0.29, 0.717) is 45.0 Å². The Kier molecular flexibility index (Phi) is 8.07. The molecule has 0 aromatic carbocycles. The lowest BCUT2D eigenvalue weighted by molar-refractivity contribution is -1.07. The number of ether oxygens (including phenoxy) is 1. The number of hydrogen-bond acceptors (Lipinski definition) is 8. The molecule has 0 amide bonds. The summed E-state index contributed by atoms with van der Waals surface area (Å²) >= 11 is 4.16. The van der Waals surface area contributed by atoms with Gasteiger partial charge in [-0.25, -0.2) is 9.97 Å². The summed E-state index contributed by atoms with van der Waals surface area (Å²) in [4.78, 5) is 11.6. The smallest absolute Gasteiger partial charge is 0.375 e. The average molecular weight is 520 g/mol. The highest BCUT2D eigenvalue weighted by atomic mass is 32.1. The van der Waals surface area contributed by atoms with Crippen LogP contribution in [-0.2, 0) is 10.9 Å². The highest BCUT2D eigenvalue weighted by molar-refractivity contribution is 7.74. The maximum atomic E-state index is 13.7. The molecule has 198 valence electrons. The molecule has 4 rings (SSSR count). The Morgan fingerprint density at radius 1 is 1.20 bits per heavy atom. The molecule has 2 unspecified atom stereocenters. The average Bonchev–Trinajstić information content (AvgIpc) is 2.82. The molecule has 1 aromatic heterocycles. The molecule has 8 nitrogen and oxygen atoms in total. The summed E-state index contributed by atoms with van der Waals surface area (Å²) in [6.45, 7) is 3.41. The molecule has 0 bridgehead atoms. The third kappa shape index (κ3) is 6.71. The Balaban J connectivity index is 1.48. The third-order valence-corrected chi connectivity index (χ3v) is 7.94. The number of hydrogen-bond donors (Lipinski definition) is 2. The number of aromatic nitrogens is 2. The van der Waals surface area contributed by atoms with Gasteiger partial charge in [0.2, 0.25) is 5.82 Å². The second kappa shape index (κ2) is 10.6. The second-order valence-electron chi connectivity index (χ2n) is 10.5. The van der Waals surface area contributed by atoms with Gasteiger partial charge >= 0.3 is 6.18 Å². The molecule has 3 heterocycles. The Hall–Kier alpha value is -1.34. The lowest BCUT2D eigenvalue weighted by atomic mass is 9.69. The van der Waals surface area contributed by atoms with Crippen LogP contribution in [0.3, 0.4) is 0 Å². The summed E-state index contributed by atoms with van der Waals surface area (Å²) in [5.74, 6) is -0.471. The highest BCUT2D eigenvalue weighted by Gasteiger charge is 2.40. The van der Waals surface area contributed by atoms with E-state index in [9.17, 15) is 18.4 Å². The van der Waals surface area contributed by atoms with Crippen molar-refractivity contribution in [3.63, 3.8) is 0 Å². The molecule has 2 saturated heterocycles. The van der Waals surface area contributed by atoms with Gasteiger partial charge in [-0.3, -0.25) is 0 Å². The molecule has 1 aliphatic carbocycles. The van der Waals surface area contributed by atoms with Crippen LogP contribution in [0.4, 0.5) is 24.8 Å². The van der Waals surface area contributed by atoms with Crippen LogP contribution < -0.4 is 9.80 Å². The van der Waals surface area contributed by atoms with Crippen molar-refractivity contribution in [2.75, 3.05) is 63.2 Å². The van der Waals surface area contributed by atoms with Crippen LogP contribution in [0.2, 0.25) is 0 Å². The third-order valence-electron chi connectivity index (χ3n) is 7.68. The predicted molar refractivity (Wildman–Crippen MR) is 130 cm³/mol. The van der Waals surface area contributed by atoms with Crippen LogP contribution >= 0.6 is 12.8 Å². The number of morpholine rings is 1. The summed E-state index contributed by atoms with van der Waals surface area (Å²) < 4.78 is 46.4. The Morgan fingerprint density at radius 2 is 1.91 bits per heavy atom. The fourth-order valence-corrected chi connectivity index (χ4v) is 5.86. The van der Waals surface area contributed by atoms with E-state index in [1.807, 2.05) is 4.90 Å². The van der Waals surface area contributed by atoms with Gasteiger partial charge in [-0.05, 0) is 37.5 Å². The van der Waals surface area contributed by atoms with E-state index in [4.69, 9.17) is 4.74 Å². The van der Waals surface area contributed by atoms with Gasteiger partial charge < -0.3 is 14.5 Å². The molecule has 3 aliphatic rings. The highest BCUT2D eigenvalue weighted by Crippen LogP contribution is 2.44. The van der Waals surface area contributed by atoms with E-state index in [1.165, 1.54) is 19.3 Å². The Bertz CT molecular complexity index is 857. The van der Waals surface area contributed by atoms with Crippen molar-refractivity contribution in [1.82, 2.24) is 15.0 Å². The van der Waals surface area contributed by atoms with Crippen LogP contribution in [0.15, 0.2) is 6.07 Å². The first-order valence-electron chi connectivity index (χ1n) is 12.6. The fraction of sp³-hybridized carbons (Fsp3) is 0.826. The van der Waals surface area contributed by atoms with Crippen molar-refractivity contribution >= 4 is 24.5 Å². The summed E-state index contributed by atoms with van der Waals surface area (Å²) in [5.41, 5.74) is 0.197. The van der Waals surface area contributed by atoms with Crippen molar-refractivity contribution in [2.24, 2.45) is 5.41 Å². The number of alkyl halides is 3. The first kappa shape index (κ1) is 26.7. The monoisotopic (exact) mass is 519 g/mol. The van der Waals surface area contributed by atoms with E-state index in [1.54, 1.807) is 30.1 Å². The van der Waals surface area contributed by atoms with Crippen molar-refractivity contribution in [2.45, 2.75) is 63.6 Å². The Morgan fingerprint density at radius 3 is 2.60 bits per heavy atom. The molecule has 2 atom stereocenters. The lowest BCUT2D eigenvalue weighted by Gasteiger charge is -2.45. The van der Waals surface area contributed by atoms with Crippen LogP contribution in [0.5, 0.6) is 0 Å². The zero-order valence-corrected chi connectivity index (χ0v) is 21.6. The molecule has 1 saturated carbocycles. The first-order chi connectivity index (χ1) is 16.5. The maximum absolute atomic E-state index is 13.7. The molecule has 1 aromatic rings. The largest absolute Gasteiger partial charge is 0.451 e. The first-order valence-corrected chi connectivity index (χ1v) is 13.0. The van der Waals surface area contributed by atoms with Gasteiger partial charge in [0.1, 0.15) is 31.5 Å². The minimum atomic E-state index is -4.62. The van der Waals surface area contributed by atoms with E-state index < -0.39 is 16.2 Å². The molecule has 35 heavy (non-hydrogen) atoms. The van der Waals surface area contributed by atoms with Gasteiger partial charge in [0.25, 0.3) is 0 Å². The van der Waals surface area contributed by atoms with E-state index in [-0.39, 0.29) is 17.3 Å². The van der Waals surface area contributed by atoms with E-state index in [0.717, 1.165) is 32.2 Å². The number of piperidine rings is 1. The quantitative estimate of drug-likeness (QED) is 0.332. The SMILES string of the molecule is CN(CCC1CN([N+](C)(O)S)CCO1)c1cc(N2CCCC3(CCCCC3)C2)nc(C(F)(F)F)n1. The number of halogens is 3. The summed E-state index contributed by atoms with van der Waals surface area (Å²) in [7, 11) is 3.30. The molecular weight excluding hydrogens is 481 g/mol. The second-order valence-corrected chi connectivity index (χ2v) is 11.2. The zero-order valence-electron chi connectivity index (χ0n) is 20.7. The van der Waals surface area contributed by atoms with Gasteiger partial charge in [-0.15, -0.1) is 5.01 Å². The van der Waals surface area contributed by atoms with Crippen molar-refractivity contribution in [3.05, 3.63) is 11.9 Å². The van der Waals surface area contributed by atoms with Crippen LogP contribution in [0.1, 0.15) is 57.2 Å². The molecule has 2 aliphatic heterocycles. The maximum Gasteiger partial charge on any atom is 0.451 e. The molecule has 1 spiro atoms. The molecule has 0 radical (unpaired) electrons. The van der Waals surface area contributed by atoms with Crippen molar-refractivity contribution < 1.29 is 27.3 Å². The molecule has 3 fully saturated rings. The van der Waals surface area contributed by atoms with Gasteiger partial charge in [-0.1, -0.05) is 23.4 Å². The van der Waals surface area contributed by atoms with Crippen LogP contribution in [-0.4, -0.2) is 83.9 Å². The van der Waals surface area contributed by atoms with Crippen molar-refractivity contribution in [1.29, 1.82) is 0 Å². The van der Waals surface area contributed by atoms with Gasteiger partial charge in [-0.2, -0.15) is 18.4 Å². The van der Waals surface area contributed by atoms with Crippen molar-refractivity contribution in [3.8, 4) is 0 Å². The van der Waals surface area contributed by atoms with Gasteiger partial charge in [0.05, 0.1) is 25.8 Å². The van der Waals surface area contributed by atoms with Gasteiger partial charge in [0.15, 0.2) is 0 Å². The van der Waals surface area contributed by atoms with Gasteiger partial charge in [0, 0.05) is 32.7 Å². The molecule has 12 heteroatoms. The minimum Gasteiger partial charge on any atom is -0.375 e. The predicted octanol–water partition coefficient (Wildman–Crippen LogP) is 4.17. The summed E-state index contributed by atoms with van der Waals surface area (Å²) in [6.07, 6.45) is 3.83. The zero-order chi connectivity index (χ0) is 25.3. The summed E-state index contributed by atoms with van der Waals surface area (Å²) in [5, 5.41) is 11.9. The van der Waals surface area contributed by atoms with E-state index >= 15 is 0 Å². The number of nitrogens with zero attached hydrogens (tertiary/aromatic N) is 6. The number of hydroxylamine groups is 1. The van der Waals surface area contributed by atoms with Crippen LogP contribution in [0, 0.1) is 5.41 Å². The number of quaternary nitrogens is 1. The van der Waals surface area contributed by atoms with Crippen LogP contribution in [0.25, 0.3) is 0 Å². The number of thiol groups is 1.